The Bertz CT molecular complexity index is 1320. The lowest BCUT2D eigenvalue weighted by Crippen LogP contribution is -2.24. The maximum absolute atomic E-state index is 12.2. The van der Waals surface area contributed by atoms with E-state index >= 15 is 0 Å². The number of hydrogen-bond donors (Lipinski definition) is 0. The molecule has 2 saturated carbocycles. The quantitative estimate of drug-likeness (QED) is 0.191. The van der Waals surface area contributed by atoms with Crippen molar-refractivity contribution in [1.29, 1.82) is 0 Å². The second kappa shape index (κ2) is 64.4. The number of rotatable bonds is 10. The molecule has 0 amide bonds. The van der Waals surface area contributed by atoms with E-state index in [0.717, 1.165) is 41.9 Å². The molecule has 83 heavy (non-hydrogen) atoms. The van der Waals surface area contributed by atoms with E-state index in [1.807, 2.05) is 55.4 Å². The van der Waals surface area contributed by atoms with Crippen LogP contribution in [0.2, 0.25) is 0 Å². The number of unbranched alkanes of at least 4 members (excludes halogenated alkanes) is 2. The molecular weight excluding hydrogens is 1060 g/mol. The van der Waals surface area contributed by atoms with Gasteiger partial charge in [0.15, 0.2) is 0 Å². The van der Waals surface area contributed by atoms with Gasteiger partial charge in [0.05, 0.1) is 17.8 Å². The molecule has 7 unspecified atom stereocenters. The molecule has 0 spiro atoms. The summed E-state index contributed by atoms with van der Waals surface area (Å²) in [6.45, 7) is 74.9. The van der Waals surface area contributed by atoms with Gasteiger partial charge >= 0.3 is 18.5 Å². The first-order chi connectivity index (χ1) is 38.7. The number of hydrogen-bond acceptors (Lipinski definition) is 0. The van der Waals surface area contributed by atoms with Crippen molar-refractivity contribution in [3.63, 3.8) is 0 Å². The predicted octanol–water partition coefficient (Wildman–Crippen LogP) is 31.0. The minimum absolute atomic E-state index is 0.170. The lowest BCUT2D eigenvalue weighted by atomic mass is 9.91. The Balaban J connectivity index is -0.0000000818. The van der Waals surface area contributed by atoms with Crippen molar-refractivity contribution < 1.29 is 46.4 Å². The summed E-state index contributed by atoms with van der Waals surface area (Å²) in [5.41, 5.74) is 0.863. The molecule has 0 bridgehead atoms. The molecule has 2 aliphatic carbocycles. The maximum atomic E-state index is 12.2. The third-order valence-electron chi connectivity index (χ3n) is 13.4. The molecule has 520 valence electrons. The van der Waals surface area contributed by atoms with E-state index in [4.69, 9.17) is 6.85 Å². The van der Waals surface area contributed by atoms with Crippen LogP contribution in [0, 0.1) is 87.2 Å². The summed E-state index contributed by atoms with van der Waals surface area (Å²) >= 11 is 0. The SMILES string of the molecule is CC(C)C.CC1CC(C)C(C(F)(F)F)C1.CC1CCC(C)C1C.CCC(C)(C)C.CCC(C)C.CCC(C)C(F)(F)F.CCCC(C)(C)C.CCCC(C)C.CCCC(C)C(F)(F)F.CCCCC.[2H]C(C)(C)C.[2H]C([2H])(C)C(C)(C)C.[2H]C([2H])(C)CC. The third kappa shape index (κ3) is 120. The summed E-state index contributed by atoms with van der Waals surface area (Å²) in [7, 11) is 0. The molecule has 0 aliphatic heterocycles. The van der Waals surface area contributed by atoms with Gasteiger partial charge in [0.25, 0.3) is 0 Å². The van der Waals surface area contributed by atoms with Gasteiger partial charge in [-0.15, -0.1) is 0 Å². The highest BCUT2D eigenvalue weighted by molar-refractivity contribution is 4.83. The van der Waals surface area contributed by atoms with Gasteiger partial charge in [-0.05, 0) is 102 Å². The largest absolute Gasteiger partial charge is 0.392 e. The highest BCUT2D eigenvalue weighted by atomic mass is 19.4. The Morgan fingerprint density at radius 2 is 0.747 bits per heavy atom. The van der Waals surface area contributed by atoms with Gasteiger partial charge in [0.1, 0.15) is 0 Å². The van der Waals surface area contributed by atoms with Crippen LogP contribution in [0.5, 0.6) is 0 Å². The first-order valence-electron chi connectivity index (χ1n) is 35.9. The fourth-order valence-corrected chi connectivity index (χ4v) is 6.14. The normalized spacial score (nSPS) is 20.2. The third-order valence-corrected chi connectivity index (χ3v) is 13.4. The molecule has 0 radical (unpaired) electrons. The molecular formula is C74H161F9. The van der Waals surface area contributed by atoms with E-state index in [2.05, 4.69) is 152 Å². The lowest BCUT2D eigenvalue weighted by Gasteiger charge is -2.18. The van der Waals surface area contributed by atoms with Crippen molar-refractivity contribution in [2.45, 2.75) is 397 Å². The van der Waals surface area contributed by atoms with E-state index in [1.54, 1.807) is 27.7 Å². The van der Waals surface area contributed by atoms with E-state index in [1.165, 1.54) is 91.4 Å². The van der Waals surface area contributed by atoms with Crippen LogP contribution in [-0.4, -0.2) is 18.5 Å². The molecule has 0 nitrogen and oxygen atoms in total. The van der Waals surface area contributed by atoms with Gasteiger partial charge < -0.3 is 0 Å². The summed E-state index contributed by atoms with van der Waals surface area (Å²) < 4.78 is 141. The summed E-state index contributed by atoms with van der Waals surface area (Å²) in [6, 6.07) is 0. The molecule has 0 aromatic carbocycles. The van der Waals surface area contributed by atoms with E-state index < -0.39 is 49.0 Å². The van der Waals surface area contributed by atoms with Gasteiger partial charge in [0, 0.05) is 6.85 Å². The Labute approximate surface area is 528 Å². The minimum atomic E-state index is -3.99. The van der Waals surface area contributed by atoms with Gasteiger partial charge in [-0.1, -0.05) is 346 Å². The first kappa shape index (κ1) is 93.5. The molecule has 0 aromatic rings. The molecule has 2 aliphatic rings. The summed E-state index contributed by atoms with van der Waals surface area (Å²) in [6.07, 6.45) is 3.62. The van der Waals surface area contributed by atoms with Crippen molar-refractivity contribution >= 4 is 0 Å². The fraction of sp³-hybridized carbons (Fsp3) is 1.00. The molecule has 9 heteroatoms. The van der Waals surface area contributed by atoms with Crippen LogP contribution >= 0.6 is 0 Å². The highest BCUT2D eigenvalue weighted by Gasteiger charge is 2.47. The molecule has 0 aromatic heterocycles. The molecule has 0 saturated heterocycles. The average Bonchev–Trinajstić information content (AvgIpc) is 3.82. The Hall–Kier alpha value is -0.630. The topological polar surface area (TPSA) is 0 Å². The second-order valence-corrected chi connectivity index (χ2v) is 29.2. The van der Waals surface area contributed by atoms with E-state index in [0.29, 0.717) is 30.1 Å². The molecule has 2 fully saturated rings. The van der Waals surface area contributed by atoms with Crippen molar-refractivity contribution in [1.82, 2.24) is 0 Å². The Morgan fingerprint density at radius 3 is 0.795 bits per heavy atom. The summed E-state index contributed by atoms with van der Waals surface area (Å²) in [4.78, 5) is 0. The zero-order chi connectivity index (χ0) is 73.9. The van der Waals surface area contributed by atoms with Gasteiger partial charge in [-0.25, -0.2) is 0 Å². The molecule has 2 rings (SSSR count). The van der Waals surface area contributed by atoms with Gasteiger partial charge in [-0.3, -0.25) is 0 Å². The first-order valence-corrected chi connectivity index (χ1v) is 33.4. The number of alkyl halides is 9. The Morgan fingerprint density at radius 1 is 0.434 bits per heavy atom. The van der Waals surface area contributed by atoms with E-state index in [-0.39, 0.29) is 36.0 Å². The zero-order valence-corrected chi connectivity index (χ0v) is 63.3. The van der Waals surface area contributed by atoms with Gasteiger partial charge in [-0.2, -0.15) is 39.5 Å². The lowest BCUT2D eigenvalue weighted by molar-refractivity contribution is -0.182. The monoisotopic (exact) mass is 1230 g/mol. The maximum Gasteiger partial charge on any atom is 0.392 e. The van der Waals surface area contributed by atoms with Crippen LogP contribution in [0.25, 0.3) is 0 Å². The van der Waals surface area contributed by atoms with Gasteiger partial charge in [0.2, 0.25) is 0 Å². The van der Waals surface area contributed by atoms with Crippen molar-refractivity contribution in [3.8, 4) is 0 Å². The van der Waals surface area contributed by atoms with Crippen LogP contribution in [0.4, 0.5) is 39.5 Å². The van der Waals surface area contributed by atoms with Crippen LogP contribution in [0.15, 0.2) is 0 Å². The Kier molecular flexibility index (Phi) is 72.5. The van der Waals surface area contributed by atoms with Crippen LogP contribution < -0.4 is 0 Å². The van der Waals surface area contributed by atoms with Crippen molar-refractivity contribution in [2.75, 3.05) is 0 Å². The van der Waals surface area contributed by atoms with Crippen molar-refractivity contribution in [2.24, 2.45) is 87.2 Å². The fourth-order valence-electron chi connectivity index (χ4n) is 6.14. The van der Waals surface area contributed by atoms with Crippen LogP contribution in [-0.2, 0) is 0 Å². The highest BCUT2D eigenvalue weighted by Crippen LogP contribution is 2.45. The zero-order valence-electron chi connectivity index (χ0n) is 68.3. The second-order valence-electron chi connectivity index (χ2n) is 29.2. The van der Waals surface area contributed by atoms with Crippen LogP contribution in [0.3, 0.4) is 0 Å². The molecule has 0 heterocycles. The van der Waals surface area contributed by atoms with Crippen molar-refractivity contribution in [3.05, 3.63) is 0 Å². The molecule has 0 N–H and O–H groups in total. The standard InChI is InChI=1S/C8H13F3.C8H16.C7H16.C6H11F3.3C6H14.C5H9F3.2C5H12.3C4H10/c1-5-3-6(2)7(4-5)8(9,10)11;1-6-4-5-7(2)8(6)3;1-5-6-7(2,3)4;1-3-4-5(2)6(7,8)9;2*1-5-6(2,3)4;1-4-5-6(2)3;1-3-4(2)5(6,7)8;1-4-5(2)3;1-3-5-4-2;2*1-4(2)3;1-3-4-2/h5-7H,3-4H2,1-2H3;6-8H,4-5H2,1-3H3;5-6H2,1-4H3;5H,3-4H2,1-2H3;2*5H2,1-4H3;6H,4-5H2,1-3H3;4H,3H2,1-2H3;5H,4H2,1-3H3;3-5H2,1-2H3;2*4H,1-3H3;3-4H2,1-2H3/i;;;;5D2;;;;;;4D;;3D2. The molecule has 7 atom stereocenters. The smallest absolute Gasteiger partial charge is 0.171 e. The summed E-state index contributed by atoms with van der Waals surface area (Å²) in [5, 5.41) is 0. The number of halogens is 9. The minimum Gasteiger partial charge on any atom is -0.171 e. The summed E-state index contributed by atoms with van der Waals surface area (Å²) in [5.74, 6) is 2.07. The predicted molar refractivity (Wildman–Crippen MR) is 365 cm³/mol. The van der Waals surface area contributed by atoms with Crippen LogP contribution in [0.1, 0.15) is 385 Å². The van der Waals surface area contributed by atoms with E-state index in [9.17, 15) is 39.5 Å². The average molecular weight is 1230 g/mol.